The lowest BCUT2D eigenvalue weighted by Crippen LogP contribution is -2.36. The van der Waals surface area contributed by atoms with Gasteiger partial charge in [0.05, 0.1) is 42.7 Å². The van der Waals surface area contributed by atoms with Crippen LogP contribution in [0.3, 0.4) is 0 Å². The molecule has 1 aliphatic heterocycles. The van der Waals surface area contributed by atoms with Crippen molar-refractivity contribution >= 4 is 11.3 Å². The molecule has 0 amide bonds. The molecular formula is C18H19F3N6O. The van der Waals surface area contributed by atoms with Crippen molar-refractivity contribution in [1.29, 1.82) is 0 Å². The van der Waals surface area contributed by atoms with Gasteiger partial charge in [-0.15, -0.1) is 0 Å². The summed E-state index contributed by atoms with van der Waals surface area (Å²) in [5, 5.41) is 8.36. The van der Waals surface area contributed by atoms with Crippen LogP contribution < -0.4 is 4.90 Å². The molecule has 1 saturated heterocycles. The van der Waals surface area contributed by atoms with E-state index in [-0.39, 0.29) is 0 Å². The first-order chi connectivity index (χ1) is 13.5. The highest BCUT2D eigenvalue weighted by Crippen LogP contribution is 2.44. The first kappa shape index (κ1) is 17.5. The fraction of sp³-hybridized carbons (Fsp3) is 0.500. The molecule has 7 nitrogen and oxygen atoms in total. The number of ether oxygens (including phenoxy) is 1. The number of morpholine rings is 1. The molecule has 1 saturated carbocycles. The molecule has 148 valence electrons. The van der Waals surface area contributed by atoms with E-state index < -0.39 is 12.7 Å². The van der Waals surface area contributed by atoms with Crippen LogP contribution in [0.2, 0.25) is 0 Å². The van der Waals surface area contributed by atoms with E-state index in [4.69, 9.17) is 9.72 Å². The van der Waals surface area contributed by atoms with Crippen molar-refractivity contribution in [3.8, 4) is 11.3 Å². The molecule has 1 aliphatic carbocycles. The van der Waals surface area contributed by atoms with Gasteiger partial charge in [0.15, 0.2) is 5.65 Å². The molecule has 0 bridgehead atoms. The Morgan fingerprint density at radius 3 is 2.64 bits per heavy atom. The Morgan fingerprint density at radius 1 is 1.14 bits per heavy atom. The second kappa shape index (κ2) is 6.47. The van der Waals surface area contributed by atoms with Crippen LogP contribution in [0.4, 0.5) is 18.9 Å². The van der Waals surface area contributed by atoms with Gasteiger partial charge in [0, 0.05) is 30.8 Å². The van der Waals surface area contributed by atoms with Crippen molar-refractivity contribution < 1.29 is 17.9 Å². The molecular weight excluding hydrogens is 373 g/mol. The number of imidazole rings is 1. The van der Waals surface area contributed by atoms with Crippen LogP contribution in [0.1, 0.15) is 24.5 Å². The van der Waals surface area contributed by atoms with E-state index in [1.807, 2.05) is 6.07 Å². The van der Waals surface area contributed by atoms with Crippen LogP contribution in [-0.4, -0.2) is 56.9 Å². The first-order valence-corrected chi connectivity index (χ1v) is 9.29. The molecule has 0 atom stereocenters. The predicted octanol–water partition coefficient (Wildman–Crippen LogP) is 2.87. The zero-order chi connectivity index (χ0) is 19.3. The zero-order valence-electron chi connectivity index (χ0n) is 15.1. The molecule has 5 rings (SSSR count). The molecule has 2 fully saturated rings. The minimum atomic E-state index is -4.32. The lowest BCUT2D eigenvalue weighted by atomic mass is 10.1. The fourth-order valence-electron chi connectivity index (χ4n) is 3.67. The smallest absolute Gasteiger partial charge is 0.378 e. The van der Waals surface area contributed by atoms with Gasteiger partial charge < -0.3 is 9.64 Å². The number of rotatable bonds is 4. The van der Waals surface area contributed by atoms with E-state index in [1.54, 1.807) is 10.7 Å². The van der Waals surface area contributed by atoms with E-state index in [1.165, 1.54) is 12.4 Å². The Morgan fingerprint density at radius 2 is 1.93 bits per heavy atom. The maximum absolute atomic E-state index is 12.7. The lowest BCUT2D eigenvalue weighted by molar-refractivity contribution is -0.142. The normalized spacial score (nSPS) is 18.2. The summed E-state index contributed by atoms with van der Waals surface area (Å²) in [7, 11) is 0. The van der Waals surface area contributed by atoms with Gasteiger partial charge >= 0.3 is 6.18 Å². The number of alkyl halides is 3. The second-order valence-electron chi connectivity index (χ2n) is 7.21. The van der Waals surface area contributed by atoms with Crippen LogP contribution >= 0.6 is 0 Å². The van der Waals surface area contributed by atoms with Crippen LogP contribution in [0, 0.1) is 0 Å². The molecule has 2 aliphatic rings. The average molecular weight is 392 g/mol. The third-order valence-corrected chi connectivity index (χ3v) is 5.09. The van der Waals surface area contributed by atoms with Gasteiger partial charge in [-0.2, -0.15) is 23.4 Å². The quantitative estimate of drug-likeness (QED) is 0.683. The van der Waals surface area contributed by atoms with Crippen LogP contribution in [0.15, 0.2) is 24.7 Å². The summed E-state index contributed by atoms with van der Waals surface area (Å²) in [6, 6.07) is 1.93. The monoisotopic (exact) mass is 392 g/mol. The van der Waals surface area contributed by atoms with Gasteiger partial charge in [0.2, 0.25) is 0 Å². The maximum Gasteiger partial charge on any atom is 0.408 e. The molecule has 4 heterocycles. The minimum Gasteiger partial charge on any atom is -0.378 e. The van der Waals surface area contributed by atoms with Crippen molar-refractivity contribution in [1.82, 2.24) is 24.4 Å². The highest BCUT2D eigenvalue weighted by molar-refractivity contribution is 5.75. The first-order valence-electron chi connectivity index (χ1n) is 9.29. The van der Waals surface area contributed by atoms with E-state index in [0.717, 1.165) is 53.3 Å². The number of hydrogen-bond acceptors (Lipinski definition) is 5. The minimum absolute atomic E-state index is 0.320. The predicted molar refractivity (Wildman–Crippen MR) is 95.3 cm³/mol. The van der Waals surface area contributed by atoms with Crippen molar-refractivity contribution in [3.05, 3.63) is 30.4 Å². The number of anilines is 1. The van der Waals surface area contributed by atoms with Crippen LogP contribution in [0.5, 0.6) is 0 Å². The van der Waals surface area contributed by atoms with Crippen molar-refractivity contribution in [3.63, 3.8) is 0 Å². The molecule has 3 aromatic heterocycles. The summed E-state index contributed by atoms with van der Waals surface area (Å²) in [4.78, 5) is 7.08. The Balaban J connectivity index is 1.61. The van der Waals surface area contributed by atoms with Gasteiger partial charge in [-0.05, 0) is 18.9 Å². The number of aromatic nitrogens is 5. The third kappa shape index (κ3) is 3.21. The van der Waals surface area contributed by atoms with Crippen molar-refractivity contribution in [2.75, 3.05) is 31.2 Å². The van der Waals surface area contributed by atoms with Crippen LogP contribution in [-0.2, 0) is 11.3 Å². The van der Waals surface area contributed by atoms with Crippen LogP contribution in [0.25, 0.3) is 16.9 Å². The van der Waals surface area contributed by atoms with Gasteiger partial charge in [0.1, 0.15) is 6.54 Å². The van der Waals surface area contributed by atoms with Crippen molar-refractivity contribution in [2.24, 2.45) is 0 Å². The maximum atomic E-state index is 12.7. The lowest BCUT2D eigenvalue weighted by Gasteiger charge is -2.28. The third-order valence-electron chi connectivity index (χ3n) is 5.09. The summed E-state index contributed by atoms with van der Waals surface area (Å²) in [6.45, 7) is 1.73. The molecule has 0 radical (unpaired) electrons. The standard InChI is InChI=1S/C18H19F3N6O/c19-18(20,21)11-26-10-13(9-23-26)16-15(12-1-2-12)24-17-14(3-4-22-27(16)17)25-5-7-28-8-6-25/h3-4,9-10,12H,1-2,5-8,11H2. The van der Waals surface area contributed by atoms with Gasteiger partial charge in [-0.25, -0.2) is 9.50 Å². The highest BCUT2D eigenvalue weighted by atomic mass is 19.4. The Bertz CT molecular complexity index is 1000. The van der Waals surface area contributed by atoms with E-state index in [9.17, 15) is 13.2 Å². The zero-order valence-corrected chi connectivity index (χ0v) is 15.1. The summed E-state index contributed by atoms with van der Waals surface area (Å²) in [6.07, 6.45) is 2.33. The summed E-state index contributed by atoms with van der Waals surface area (Å²) < 4.78 is 46.2. The van der Waals surface area contributed by atoms with E-state index >= 15 is 0 Å². The molecule has 0 N–H and O–H groups in total. The number of nitrogens with zero attached hydrogens (tertiary/aromatic N) is 6. The van der Waals surface area contributed by atoms with E-state index in [0.29, 0.717) is 24.7 Å². The second-order valence-corrected chi connectivity index (χ2v) is 7.21. The average Bonchev–Trinajstić information content (AvgIpc) is 3.30. The Labute approximate surface area is 158 Å². The summed E-state index contributed by atoms with van der Waals surface area (Å²) in [5.74, 6) is 0.320. The SMILES string of the molecule is FC(F)(F)Cn1cc(-c2c(C3CC3)nc3c(N4CCOCC4)ccnn23)cn1. The molecule has 0 aromatic carbocycles. The number of halogens is 3. The fourth-order valence-corrected chi connectivity index (χ4v) is 3.67. The molecule has 3 aromatic rings. The molecule has 28 heavy (non-hydrogen) atoms. The van der Waals surface area contributed by atoms with Gasteiger partial charge in [-0.1, -0.05) is 0 Å². The number of fused-ring (bicyclic) bond motifs is 1. The number of hydrogen-bond donors (Lipinski definition) is 0. The topological polar surface area (TPSA) is 60.5 Å². The Hall–Kier alpha value is -2.62. The Kier molecular flexibility index (Phi) is 4.04. The summed E-state index contributed by atoms with van der Waals surface area (Å²) in [5.41, 5.74) is 3.92. The molecule has 0 unspecified atom stereocenters. The van der Waals surface area contributed by atoms with Crippen molar-refractivity contribution in [2.45, 2.75) is 31.5 Å². The van der Waals surface area contributed by atoms with E-state index in [2.05, 4.69) is 15.1 Å². The molecule has 0 spiro atoms. The summed E-state index contributed by atoms with van der Waals surface area (Å²) >= 11 is 0. The highest BCUT2D eigenvalue weighted by Gasteiger charge is 2.33. The van der Waals surface area contributed by atoms with Gasteiger partial charge in [0.25, 0.3) is 0 Å². The molecule has 10 heteroatoms. The largest absolute Gasteiger partial charge is 0.408 e. The van der Waals surface area contributed by atoms with Gasteiger partial charge in [-0.3, -0.25) is 4.68 Å².